The van der Waals surface area contributed by atoms with Gasteiger partial charge in [-0.15, -0.1) is 0 Å². The highest BCUT2D eigenvalue weighted by molar-refractivity contribution is 4.96. The molecule has 0 fully saturated rings. The summed E-state index contributed by atoms with van der Waals surface area (Å²) in [6.07, 6.45) is 1.99. The quantitative estimate of drug-likeness (QED) is 0.734. The Hall–Kier alpha value is -0.990. The second kappa shape index (κ2) is 3.61. The SMILES string of the molecule is CCC(CC)n1[nH]c(C)cc1=O. The lowest BCUT2D eigenvalue weighted by Crippen LogP contribution is -2.21. The number of aromatic nitrogens is 2. The van der Waals surface area contributed by atoms with Crippen molar-refractivity contribution in [3.05, 3.63) is 22.1 Å². The van der Waals surface area contributed by atoms with Crippen LogP contribution in [0.4, 0.5) is 0 Å². The fourth-order valence-corrected chi connectivity index (χ4v) is 1.46. The Balaban J connectivity index is 3.00. The van der Waals surface area contributed by atoms with Crippen LogP contribution in [0.25, 0.3) is 0 Å². The van der Waals surface area contributed by atoms with Crippen LogP contribution >= 0.6 is 0 Å². The molecule has 68 valence electrons. The van der Waals surface area contributed by atoms with Crippen LogP contribution in [-0.4, -0.2) is 9.78 Å². The van der Waals surface area contributed by atoms with Crippen molar-refractivity contribution in [2.24, 2.45) is 0 Å². The number of aromatic amines is 1. The Labute approximate surface area is 72.4 Å². The molecular weight excluding hydrogens is 152 g/mol. The van der Waals surface area contributed by atoms with Crippen molar-refractivity contribution in [3.8, 4) is 0 Å². The van der Waals surface area contributed by atoms with Gasteiger partial charge >= 0.3 is 0 Å². The molecule has 1 N–H and O–H groups in total. The van der Waals surface area contributed by atoms with Gasteiger partial charge in [-0.3, -0.25) is 9.89 Å². The van der Waals surface area contributed by atoms with E-state index in [4.69, 9.17) is 0 Å². The van der Waals surface area contributed by atoms with E-state index in [-0.39, 0.29) is 5.56 Å². The molecule has 0 bridgehead atoms. The van der Waals surface area contributed by atoms with E-state index in [1.807, 2.05) is 6.92 Å². The van der Waals surface area contributed by atoms with Gasteiger partial charge in [-0.1, -0.05) is 13.8 Å². The number of H-pyrrole nitrogens is 1. The molecule has 0 unspecified atom stereocenters. The lowest BCUT2D eigenvalue weighted by Gasteiger charge is -2.12. The number of nitrogens with zero attached hydrogens (tertiary/aromatic N) is 1. The van der Waals surface area contributed by atoms with Crippen LogP contribution < -0.4 is 5.56 Å². The van der Waals surface area contributed by atoms with Crippen LogP contribution in [0, 0.1) is 6.92 Å². The lowest BCUT2D eigenvalue weighted by molar-refractivity contribution is 0.416. The third kappa shape index (κ3) is 1.60. The van der Waals surface area contributed by atoms with Crippen LogP contribution in [0.1, 0.15) is 38.4 Å². The summed E-state index contributed by atoms with van der Waals surface area (Å²) in [5.41, 5.74) is 1.02. The van der Waals surface area contributed by atoms with E-state index < -0.39 is 0 Å². The van der Waals surface area contributed by atoms with Crippen molar-refractivity contribution < 1.29 is 0 Å². The molecule has 0 amide bonds. The summed E-state index contributed by atoms with van der Waals surface area (Å²) in [6.45, 7) is 6.09. The highest BCUT2D eigenvalue weighted by Gasteiger charge is 2.08. The fourth-order valence-electron chi connectivity index (χ4n) is 1.46. The van der Waals surface area contributed by atoms with Gasteiger partial charge in [0.1, 0.15) is 0 Å². The van der Waals surface area contributed by atoms with E-state index in [0.717, 1.165) is 18.5 Å². The number of aryl methyl sites for hydroxylation is 1. The van der Waals surface area contributed by atoms with Gasteiger partial charge < -0.3 is 0 Å². The van der Waals surface area contributed by atoms with Crippen molar-refractivity contribution in [3.63, 3.8) is 0 Å². The Morgan fingerprint density at radius 2 is 2.08 bits per heavy atom. The molecule has 1 heterocycles. The first-order chi connectivity index (χ1) is 5.69. The average Bonchev–Trinajstić information content (AvgIpc) is 2.34. The maximum absolute atomic E-state index is 11.3. The highest BCUT2D eigenvalue weighted by atomic mass is 16.1. The topological polar surface area (TPSA) is 37.8 Å². The zero-order valence-corrected chi connectivity index (χ0v) is 7.92. The standard InChI is InChI=1S/C9H16N2O/c1-4-8(5-2)11-9(12)6-7(3)10-11/h6,8,10H,4-5H2,1-3H3. The van der Waals surface area contributed by atoms with Crippen LogP contribution in [0.15, 0.2) is 10.9 Å². The molecule has 0 spiro atoms. The zero-order valence-electron chi connectivity index (χ0n) is 7.92. The lowest BCUT2D eigenvalue weighted by atomic mass is 10.2. The van der Waals surface area contributed by atoms with E-state index in [1.165, 1.54) is 0 Å². The van der Waals surface area contributed by atoms with Gasteiger partial charge in [-0.25, -0.2) is 4.68 Å². The predicted molar refractivity (Wildman–Crippen MR) is 49.4 cm³/mol. The van der Waals surface area contributed by atoms with Gasteiger partial charge in [0.05, 0.1) is 6.04 Å². The minimum atomic E-state index is 0.0844. The first kappa shape index (κ1) is 9.10. The fraction of sp³-hybridized carbons (Fsp3) is 0.667. The van der Waals surface area contributed by atoms with E-state index in [1.54, 1.807) is 10.7 Å². The van der Waals surface area contributed by atoms with Crippen molar-refractivity contribution in [1.29, 1.82) is 0 Å². The summed E-state index contributed by atoms with van der Waals surface area (Å²) in [5.74, 6) is 0. The molecule has 1 aromatic heterocycles. The summed E-state index contributed by atoms with van der Waals surface area (Å²) in [7, 11) is 0. The van der Waals surface area contributed by atoms with Gasteiger partial charge in [0.25, 0.3) is 5.56 Å². The molecule has 12 heavy (non-hydrogen) atoms. The normalized spacial score (nSPS) is 11.0. The van der Waals surface area contributed by atoms with Crippen LogP contribution in [0.2, 0.25) is 0 Å². The van der Waals surface area contributed by atoms with Crippen LogP contribution in [-0.2, 0) is 0 Å². The maximum Gasteiger partial charge on any atom is 0.266 e. The second-order valence-electron chi connectivity index (χ2n) is 3.12. The minimum absolute atomic E-state index is 0.0844. The molecule has 1 aromatic rings. The van der Waals surface area contributed by atoms with Gasteiger partial charge in [0.2, 0.25) is 0 Å². The van der Waals surface area contributed by atoms with Gasteiger partial charge in [-0.05, 0) is 19.8 Å². The number of hydrogen-bond donors (Lipinski definition) is 1. The largest absolute Gasteiger partial charge is 0.300 e. The minimum Gasteiger partial charge on any atom is -0.300 e. The van der Waals surface area contributed by atoms with E-state index in [9.17, 15) is 4.79 Å². The zero-order chi connectivity index (χ0) is 9.14. The molecule has 3 nitrogen and oxygen atoms in total. The summed E-state index contributed by atoms with van der Waals surface area (Å²) >= 11 is 0. The highest BCUT2D eigenvalue weighted by Crippen LogP contribution is 2.11. The summed E-state index contributed by atoms with van der Waals surface area (Å²) in [4.78, 5) is 11.3. The molecule has 0 saturated heterocycles. The molecule has 0 aliphatic heterocycles. The molecular formula is C9H16N2O. The van der Waals surface area contributed by atoms with Crippen molar-refractivity contribution in [1.82, 2.24) is 9.78 Å². The molecule has 1 rings (SSSR count). The smallest absolute Gasteiger partial charge is 0.266 e. The van der Waals surface area contributed by atoms with Crippen LogP contribution in [0.3, 0.4) is 0 Å². The molecule has 3 heteroatoms. The van der Waals surface area contributed by atoms with Gasteiger partial charge in [0, 0.05) is 11.8 Å². The monoisotopic (exact) mass is 168 g/mol. The Kier molecular flexibility index (Phi) is 2.74. The van der Waals surface area contributed by atoms with Crippen molar-refractivity contribution >= 4 is 0 Å². The Morgan fingerprint density at radius 1 is 1.50 bits per heavy atom. The van der Waals surface area contributed by atoms with E-state index >= 15 is 0 Å². The first-order valence-corrected chi connectivity index (χ1v) is 4.47. The number of hydrogen-bond acceptors (Lipinski definition) is 1. The first-order valence-electron chi connectivity index (χ1n) is 4.47. The molecule has 0 aromatic carbocycles. The summed E-state index contributed by atoms with van der Waals surface area (Å²) in [5, 5.41) is 3.05. The van der Waals surface area contributed by atoms with E-state index in [2.05, 4.69) is 18.9 Å². The van der Waals surface area contributed by atoms with Crippen molar-refractivity contribution in [2.75, 3.05) is 0 Å². The molecule has 0 radical (unpaired) electrons. The third-order valence-electron chi connectivity index (χ3n) is 2.18. The molecule has 0 atom stereocenters. The Bertz CT molecular complexity index is 294. The number of rotatable bonds is 3. The summed E-state index contributed by atoms with van der Waals surface area (Å²) < 4.78 is 1.72. The second-order valence-corrected chi connectivity index (χ2v) is 3.12. The summed E-state index contributed by atoms with van der Waals surface area (Å²) in [6, 6.07) is 1.96. The molecule has 0 saturated carbocycles. The molecule has 0 aliphatic carbocycles. The maximum atomic E-state index is 11.3. The van der Waals surface area contributed by atoms with Gasteiger partial charge in [0.15, 0.2) is 0 Å². The number of nitrogens with one attached hydrogen (secondary N) is 1. The third-order valence-corrected chi connectivity index (χ3v) is 2.18. The average molecular weight is 168 g/mol. The van der Waals surface area contributed by atoms with Crippen LogP contribution in [0.5, 0.6) is 0 Å². The molecule has 0 aliphatic rings. The predicted octanol–water partition coefficient (Wildman–Crippen LogP) is 1.85. The van der Waals surface area contributed by atoms with E-state index in [0.29, 0.717) is 6.04 Å². The van der Waals surface area contributed by atoms with Gasteiger partial charge in [-0.2, -0.15) is 0 Å². The van der Waals surface area contributed by atoms with Crippen molar-refractivity contribution in [2.45, 2.75) is 39.7 Å². The Morgan fingerprint density at radius 3 is 2.42 bits per heavy atom.